The molecule has 0 saturated carbocycles. The topological polar surface area (TPSA) is 9.23 Å². The monoisotopic (exact) mass is 140 g/mol. The molecule has 0 aromatic rings. The molecule has 0 N–H and O–H groups in total. The maximum absolute atomic E-state index is 4.93. The molecule has 1 heteroatoms. The highest BCUT2D eigenvalue weighted by atomic mass is 16.5. The van der Waals surface area contributed by atoms with Gasteiger partial charge in [0.15, 0.2) is 0 Å². The minimum Gasteiger partial charge on any atom is -0.501 e. The molecule has 0 amide bonds. The molecule has 0 spiro atoms. The maximum atomic E-state index is 4.93. The summed E-state index contributed by atoms with van der Waals surface area (Å²) in [6.07, 6.45) is 9.20. The van der Waals surface area contributed by atoms with E-state index in [1.54, 1.807) is 0 Å². The fraction of sp³-hybridized carbons (Fsp3) is 0.556. The Morgan fingerprint density at radius 2 is 2.00 bits per heavy atom. The molecule has 0 aromatic carbocycles. The molecule has 10 heavy (non-hydrogen) atoms. The largest absolute Gasteiger partial charge is 0.501 e. The van der Waals surface area contributed by atoms with Crippen molar-refractivity contribution < 1.29 is 4.74 Å². The molecule has 0 aliphatic heterocycles. The molecule has 0 atom stereocenters. The fourth-order valence-corrected chi connectivity index (χ4v) is 0.622. The van der Waals surface area contributed by atoms with E-state index in [9.17, 15) is 0 Å². The number of allylic oxidation sites excluding steroid dienone is 1. The van der Waals surface area contributed by atoms with Crippen molar-refractivity contribution in [3.63, 3.8) is 0 Å². The van der Waals surface area contributed by atoms with Gasteiger partial charge >= 0.3 is 0 Å². The van der Waals surface area contributed by atoms with Crippen LogP contribution in [0.1, 0.15) is 26.2 Å². The second-order valence-corrected chi connectivity index (χ2v) is 2.09. The van der Waals surface area contributed by atoms with Crippen molar-refractivity contribution in [1.82, 2.24) is 0 Å². The lowest BCUT2D eigenvalue weighted by Gasteiger charge is -1.93. The summed E-state index contributed by atoms with van der Waals surface area (Å²) >= 11 is 0. The first-order valence-electron chi connectivity index (χ1n) is 3.79. The van der Waals surface area contributed by atoms with E-state index in [1.807, 2.05) is 0 Å². The maximum Gasteiger partial charge on any atom is 0.0907 e. The van der Waals surface area contributed by atoms with Gasteiger partial charge in [-0.3, -0.25) is 0 Å². The lowest BCUT2D eigenvalue weighted by atomic mass is 10.3. The van der Waals surface area contributed by atoms with Crippen molar-refractivity contribution in [2.75, 3.05) is 6.61 Å². The van der Waals surface area contributed by atoms with Gasteiger partial charge in [0.2, 0.25) is 0 Å². The highest BCUT2D eigenvalue weighted by molar-refractivity contribution is 4.80. The molecule has 0 heterocycles. The van der Waals surface area contributed by atoms with Gasteiger partial charge in [-0.25, -0.2) is 0 Å². The average molecular weight is 140 g/mol. The summed E-state index contributed by atoms with van der Waals surface area (Å²) in [5.41, 5.74) is 0. The van der Waals surface area contributed by atoms with Crippen LogP contribution in [-0.4, -0.2) is 6.61 Å². The van der Waals surface area contributed by atoms with Crippen LogP contribution in [0.3, 0.4) is 0 Å². The predicted molar refractivity (Wildman–Crippen MR) is 44.8 cm³/mol. The highest BCUT2D eigenvalue weighted by Crippen LogP contribution is 1.91. The molecule has 0 unspecified atom stereocenters. The molecular formula is C9H16O. The van der Waals surface area contributed by atoms with Crippen LogP contribution in [-0.2, 0) is 4.74 Å². The molecule has 0 aliphatic rings. The van der Waals surface area contributed by atoms with Crippen molar-refractivity contribution in [2.45, 2.75) is 26.2 Å². The van der Waals surface area contributed by atoms with Gasteiger partial charge in [0.25, 0.3) is 0 Å². The summed E-state index contributed by atoms with van der Waals surface area (Å²) in [5, 5.41) is 0. The third-order valence-corrected chi connectivity index (χ3v) is 1.14. The third-order valence-electron chi connectivity index (χ3n) is 1.14. The summed E-state index contributed by atoms with van der Waals surface area (Å²) in [6.45, 7) is 6.37. The first-order chi connectivity index (χ1) is 4.91. The van der Waals surface area contributed by atoms with Crippen LogP contribution in [0.4, 0.5) is 0 Å². The first kappa shape index (κ1) is 9.28. The van der Waals surface area contributed by atoms with E-state index >= 15 is 0 Å². The van der Waals surface area contributed by atoms with E-state index in [0.717, 1.165) is 13.0 Å². The molecule has 0 aliphatic carbocycles. The van der Waals surface area contributed by atoms with Crippen LogP contribution in [0, 0.1) is 0 Å². The highest BCUT2D eigenvalue weighted by Gasteiger charge is 1.77. The van der Waals surface area contributed by atoms with E-state index in [2.05, 4.69) is 25.7 Å². The number of rotatable bonds is 6. The molecule has 58 valence electrons. The Bertz CT molecular complexity index is 94.9. The van der Waals surface area contributed by atoms with Crippen molar-refractivity contribution in [1.29, 1.82) is 0 Å². The van der Waals surface area contributed by atoms with E-state index in [0.29, 0.717) is 0 Å². The Labute approximate surface area is 63.4 Å². The van der Waals surface area contributed by atoms with Crippen molar-refractivity contribution in [2.24, 2.45) is 0 Å². The summed E-state index contributed by atoms with van der Waals surface area (Å²) in [5.74, 6) is 0. The molecule has 0 bridgehead atoms. The van der Waals surface area contributed by atoms with E-state index in [1.165, 1.54) is 19.1 Å². The summed E-state index contributed by atoms with van der Waals surface area (Å²) in [7, 11) is 0. The van der Waals surface area contributed by atoms with Crippen molar-refractivity contribution in [3.05, 3.63) is 25.0 Å². The molecule has 1 nitrogen and oxygen atoms in total. The molecule has 0 aromatic heterocycles. The second kappa shape index (κ2) is 8.28. The van der Waals surface area contributed by atoms with Crippen LogP contribution >= 0.6 is 0 Å². The van der Waals surface area contributed by atoms with Crippen molar-refractivity contribution >= 4 is 0 Å². The van der Waals surface area contributed by atoms with Gasteiger partial charge < -0.3 is 4.74 Å². The Morgan fingerprint density at radius 3 is 2.60 bits per heavy atom. The Morgan fingerprint density at radius 1 is 1.30 bits per heavy atom. The fourth-order valence-electron chi connectivity index (χ4n) is 0.622. The standard InChI is InChI=1S/C9H16O/c1-3-5-6-7-8-9-10-4-2/h4,6-7H,2-3,5,8-9H2,1H3/b7-6+. The van der Waals surface area contributed by atoms with Gasteiger partial charge in [0.1, 0.15) is 0 Å². The van der Waals surface area contributed by atoms with Crippen LogP contribution < -0.4 is 0 Å². The van der Waals surface area contributed by atoms with Crippen LogP contribution in [0.25, 0.3) is 0 Å². The lowest BCUT2D eigenvalue weighted by molar-refractivity contribution is 0.257. The van der Waals surface area contributed by atoms with Gasteiger partial charge in [-0.1, -0.05) is 32.1 Å². The van der Waals surface area contributed by atoms with Crippen molar-refractivity contribution in [3.8, 4) is 0 Å². The zero-order chi connectivity index (χ0) is 7.66. The lowest BCUT2D eigenvalue weighted by Crippen LogP contribution is -1.82. The number of hydrogen-bond acceptors (Lipinski definition) is 1. The summed E-state index contributed by atoms with van der Waals surface area (Å²) in [4.78, 5) is 0. The molecular weight excluding hydrogens is 124 g/mol. The summed E-state index contributed by atoms with van der Waals surface area (Å²) < 4.78 is 4.93. The number of ether oxygens (including phenoxy) is 1. The average Bonchev–Trinajstić information content (AvgIpc) is 1.97. The molecule has 0 radical (unpaired) electrons. The minimum absolute atomic E-state index is 0.754. The van der Waals surface area contributed by atoms with Crippen LogP contribution in [0.2, 0.25) is 0 Å². The van der Waals surface area contributed by atoms with Gasteiger partial charge in [-0.05, 0) is 12.8 Å². The molecule has 0 fully saturated rings. The van der Waals surface area contributed by atoms with Crippen LogP contribution in [0.15, 0.2) is 25.0 Å². The Kier molecular flexibility index (Phi) is 7.68. The van der Waals surface area contributed by atoms with E-state index < -0.39 is 0 Å². The van der Waals surface area contributed by atoms with Crippen LogP contribution in [0.5, 0.6) is 0 Å². The smallest absolute Gasteiger partial charge is 0.0907 e. The molecule has 0 rings (SSSR count). The number of unbranched alkanes of at least 4 members (excludes halogenated alkanes) is 1. The quantitative estimate of drug-likeness (QED) is 0.313. The normalized spacial score (nSPS) is 10.1. The van der Waals surface area contributed by atoms with Gasteiger partial charge in [-0.2, -0.15) is 0 Å². The van der Waals surface area contributed by atoms with Gasteiger partial charge in [0, 0.05) is 0 Å². The van der Waals surface area contributed by atoms with Gasteiger partial charge in [-0.15, -0.1) is 0 Å². The third kappa shape index (κ3) is 7.28. The first-order valence-corrected chi connectivity index (χ1v) is 3.79. The summed E-state index contributed by atoms with van der Waals surface area (Å²) in [6, 6.07) is 0. The second-order valence-electron chi connectivity index (χ2n) is 2.09. The Hall–Kier alpha value is -0.720. The molecule has 0 saturated heterocycles. The zero-order valence-electron chi connectivity index (χ0n) is 6.68. The predicted octanol–water partition coefficient (Wildman–Crippen LogP) is 2.89. The van der Waals surface area contributed by atoms with E-state index in [-0.39, 0.29) is 0 Å². The van der Waals surface area contributed by atoms with Gasteiger partial charge in [0.05, 0.1) is 12.9 Å². The minimum atomic E-state index is 0.754. The van der Waals surface area contributed by atoms with E-state index in [4.69, 9.17) is 4.74 Å². The number of hydrogen-bond donors (Lipinski definition) is 0. The SMILES string of the molecule is C=COCC/C=C/CCC. The Balaban J connectivity index is 2.94. The zero-order valence-corrected chi connectivity index (χ0v) is 6.68.